The lowest BCUT2D eigenvalue weighted by Gasteiger charge is -2.27. The Morgan fingerprint density at radius 2 is 2.12 bits per heavy atom. The molecule has 0 radical (unpaired) electrons. The first kappa shape index (κ1) is 19.8. The van der Waals surface area contributed by atoms with Crippen molar-refractivity contribution in [3.63, 3.8) is 0 Å². The van der Waals surface area contributed by atoms with E-state index in [2.05, 4.69) is 10.3 Å². The van der Waals surface area contributed by atoms with Crippen LogP contribution in [0.15, 0.2) is 12.1 Å². The molecule has 26 heavy (non-hydrogen) atoms. The molecule has 1 aromatic rings. The molecule has 1 aliphatic rings. The third-order valence-electron chi connectivity index (χ3n) is 3.68. The predicted octanol–water partition coefficient (Wildman–Crippen LogP) is 2.57. The number of methoxy groups -OCH3 is 1. The van der Waals surface area contributed by atoms with E-state index in [9.17, 15) is 9.59 Å². The second-order valence-corrected chi connectivity index (χ2v) is 7.31. The molecule has 140 valence electrons. The first-order valence-corrected chi connectivity index (χ1v) is 8.42. The van der Waals surface area contributed by atoms with E-state index in [1.165, 1.54) is 18.1 Å². The van der Waals surface area contributed by atoms with Gasteiger partial charge >= 0.3 is 12.1 Å². The highest BCUT2D eigenvalue weighted by molar-refractivity contribution is 6.29. The molecule has 1 N–H and O–H groups in total. The van der Waals surface area contributed by atoms with E-state index in [4.69, 9.17) is 26.3 Å². The summed E-state index contributed by atoms with van der Waals surface area (Å²) in [4.78, 5) is 30.0. The van der Waals surface area contributed by atoms with E-state index in [1.54, 1.807) is 26.8 Å². The van der Waals surface area contributed by atoms with E-state index >= 15 is 0 Å². The van der Waals surface area contributed by atoms with Crippen LogP contribution in [0.2, 0.25) is 5.15 Å². The molecule has 0 spiro atoms. The molecule has 0 unspecified atom stereocenters. The number of esters is 1. The number of nitrogens with one attached hydrogen (secondary N) is 1. The zero-order chi connectivity index (χ0) is 19.5. The number of nitriles is 1. The van der Waals surface area contributed by atoms with Gasteiger partial charge in [-0.25, -0.2) is 14.6 Å². The maximum absolute atomic E-state index is 12.4. The number of ether oxygens (including phenoxy) is 2. The molecule has 0 aliphatic carbocycles. The number of rotatable bonds is 3. The standard InChI is InChI=1S/C17H21ClN4O4/c1-17(2,3)26-16(24)22-9-11(7-12(22)15(23)25-4)20-14-6-10(8-19)5-13(18)21-14/h5-6,11-12H,7,9H2,1-4H3,(H,20,21)/t11-,12-/m0/s1. The molecule has 2 atom stereocenters. The first-order valence-electron chi connectivity index (χ1n) is 8.04. The molecule has 1 aromatic heterocycles. The summed E-state index contributed by atoms with van der Waals surface area (Å²) in [7, 11) is 1.27. The maximum Gasteiger partial charge on any atom is 0.411 e. The SMILES string of the molecule is COC(=O)[C@@H]1C[C@H](Nc2cc(C#N)cc(Cl)n2)CN1C(=O)OC(C)(C)C. The lowest BCUT2D eigenvalue weighted by molar-refractivity contribution is -0.145. The van der Waals surface area contributed by atoms with Crippen molar-refractivity contribution in [2.45, 2.75) is 44.9 Å². The fourth-order valence-corrected chi connectivity index (χ4v) is 2.88. The Hall–Kier alpha value is -2.53. The van der Waals surface area contributed by atoms with Crippen molar-refractivity contribution in [3.05, 3.63) is 22.8 Å². The van der Waals surface area contributed by atoms with Gasteiger partial charge in [0.2, 0.25) is 0 Å². The summed E-state index contributed by atoms with van der Waals surface area (Å²) in [6, 6.07) is 3.96. The molecule has 1 aliphatic heterocycles. The summed E-state index contributed by atoms with van der Waals surface area (Å²) < 4.78 is 10.2. The van der Waals surface area contributed by atoms with E-state index in [0.717, 1.165) is 0 Å². The van der Waals surface area contributed by atoms with Crippen LogP contribution in [0.25, 0.3) is 0 Å². The van der Waals surface area contributed by atoms with Crippen molar-refractivity contribution in [1.29, 1.82) is 5.26 Å². The molecule has 2 rings (SSSR count). The lowest BCUT2D eigenvalue weighted by Crippen LogP contribution is -2.44. The Kier molecular flexibility index (Phi) is 5.93. The van der Waals surface area contributed by atoms with E-state index in [-0.39, 0.29) is 17.7 Å². The van der Waals surface area contributed by atoms with Crippen molar-refractivity contribution in [1.82, 2.24) is 9.88 Å². The molecule has 1 fully saturated rings. The quantitative estimate of drug-likeness (QED) is 0.634. The zero-order valence-corrected chi connectivity index (χ0v) is 15.8. The number of carbonyl (C=O) groups excluding carboxylic acids is 2. The summed E-state index contributed by atoms with van der Waals surface area (Å²) in [6.45, 7) is 5.49. The second-order valence-electron chi connectivity index (χ2n) is 6.92. The minimum absolute atomic E-state index is 0.179. The van der Waals surface area contributed by atoms with Gasteiger partial charge in [-0.2, -0.15) is 5.26 Å². The molecule has 1 amide bonds. The molecule has 0 aromatic carbocycles. The van der Waals surface area contributed by atoms with Crippen LogP contribution in [0.4, 0.5) is 10.6 Å². The Morgan fingerprint density at radius 3 is 2.69 bits per heavy atom. The van der Waals surface area contributed by atoms with E-state index in [1.807, 2.05) is 6.07 Å². The van der Waals surface area contributed by atoms with Crippen molar-refractivity contribution in [3.8, 4) is 6.07 Å². The summed E-state index contributed by atoms with van der Waals surface area (Å²) >= 11 is 5.91. The number of hydrogen-bond acceptors (Lipinski definition) is 7. The normalized spacial score (nSPS) is 19.6. The first-order chi connectivity index (χ1) is 12.1. The number of amides is 1. The van der Waals surface area contributed by atoms with Crippen LogP contribution in [0.5, 0.6) is 0 Å². The zero-order valence-electron chi connectivity index (χ0n) is 15.1. The average molecular weight is 381 g/mol. The van der Waals surface area contributed by atoms with E-state index in [0.29, 0.717) is 17.8 Å². The second kappa shape index (κ2) is 7.79. The number of likely N-dealkylation sites (tertiary alicyclic amines) is 1. The van der Waals surface area contributed by atoms with Crippen LogP contribution in [0, 0.1) is 11.3 Å². The molecule has 9 heteroatoms. The number of anilines is 1. The van der Waals surface area contributed by atoms with Gasteiger partial charge in [0.1, 0.15) is 22.6 Å². The van der Waals surface area contributed by atoms with Crippen molar-refractivity contribution >= 4 is 29.5 Å². The Morgan fingerprint density at radius 1 is 1.42 bits per heavy atom. The number of carbonyl (C=O) groups is 2. The van der Waals surface area contributed by atoms with Crippen LogP contribution in [-0.4, -0.2) is 53.3 Å². The number of halogens is 1. The minimum Gasteiger partial charge on any atom is -0.467 e. The maximum atomic E-state index is 12.4. The molecule has 2 heterocycles. The van der Waals surface area contributed by atoms with Crippen LogP contribution < -0.4 is 5.32 Å². The summed E-state index contributed by atoms with van der Waals surface area (Å²) in [5.41, 5.74) is -0.321. The summed E-state index contributed by atoms with van der Waals surface area (Å²) in [5.74, 6) is -0.120. The summed E-state index contributed by atoms with van der Waals surface area (Å²) in [5, 5.41) is 12.3. The predicted molar refractivity (Wildman–Crippen MR) is 94.7 cm³/mol. The Balaban J connectivity index is 2.17. The van der Waals surface area contributed by atoms with Gasteiger partial charge in [-0.15, -0.1) is 0 Å². The van der Waals surface area contributed by atoms with Gasteiger partial charge in [-0.05, 0) is 32.9 Å². The highest BCUT2D eigenvalue weighted by atomic mass is 35.5. The lowest BCUT2D eigenvalue weighted by atomic mass is 10.1. The van der Waals surface area contributed by atoms with Crippen molar-refractivity contribution in [2.24, 2.45) is 0 Å². The minimum atomic E-state index is -0.762. The van der Waals surface area contributed by atoms with Crippen LogP contribution >= 0.6 is 11.6 Å². The van der Waals surface area contributed by atoms with Crippen LogP contribution in [0.1, 0.15) is 32.8 Å². The largest absolute Gasteiger partial charge is 0.467 e. The molecule has 0 bridgehead atoms. The van der Waals surface area contributed by atoms with Gasteiger partial charge in [0.05, 0.1) is 18.7 Å². The molecular weight excluding hydrogens is 360 g/mol. The smallest absolute Gasteiger partial charge is 0.411 e. The monoisotopic (exact) mass is 380 g/mol. The number of nitrogens with zero attached hydrogens (tertiary/aromatic N) is 3. The fourth-order valence-electron chi connectivity index (χ4n) is 2.67. The van der Waals surface area contributed by atoms with Gasteiger partial charge in [-0.3, -0.25) is 4.90 Å². The Bertz CT molecular complexity index is 741. The third kappa shape index (κ3) is 4.99. The fraction of sp³-hybridized carbons (Fsp3) is 0.529. The van der Waals surface area contributed by atoms with Gasteiger partial charge in [0.25, 0.3) is 0 Å². The topological polar surface area (TPSA) is 105 Å². The number of aromatic nitrogens is 1. The molecule has 1 saturated heterocycles. The molecular formula is C17H21ClN4O4. The van der Waals surface area contributed by atoms with Crippen molar-refractivity contribution in [2.75, 3.05) is 19.0 Å². The Labute approximate surface area is 157 Å². The average Bonchev–Trinajstić information content (AvgIpc) is 2.95. The highest BCUT2D eigenvalue weighted by Crippen LogP contribution is 2.25. The van der Waals surface area contributed by atoms with Crippen LogP contribution in [-0.2, 0) is 14.3 Å². The number of hydrogen-bond donors (Lipinski definition) is 1. The molecule has 0 saturated carbocycles. The van der Waals surface area contributed by atoms with Gasteiger partial charge < -0.3 is 14.8 Å². The van der Waals surface area contributed by atoms with Crippen LogP contribution in [0.3, 0.4) is 0 Å². The van der Waals surface area contributed by atoms with E-state index < -0.39 is 23.7 Å². The summed E-state index contributed by atoms with van der Waals surface area (Å²) in [6.07, 6.45) is -0.267. The van der Waals surface area contributed by atoms with Crippen molar-refractivity contribution < 1.29 is 19.1 Å². The van der Waals surface area contributed by atoms with Gasteiger partial charge in [0.15, 0.2) is 0 Å². The third-order valence-corrected chi connectivity index (χ3v) is 3.87. The van der Waals surface area contributed by atoms with Gasteiger partial charge in [-0.1, -0.05) is 11.6 Å². The van der Waals surface area contributed by atoms with Gasteiger partial charge in [0, 0.05) is 19.0 Å². The number of pyridine rings is 1. The highest BCUT2D eigenvalue weighted by Gasteiger charge is 2.42. The molecule has 8 nitrogen and oxygen atoms in total.